The fourth-order valence-corrected chi connectivity index (χ4v) is 2.25. The van der Waals surface area contributed by atoms with Crippen molar-refractivity contribution < 1.29 is 32.2 Å². The number of carbonyl (C=O) groups excluding carboxylic acids is 2. The highest BCUT2D eigenvalue weighted by Gasteiger charge is 2.31. The largest absolute Gasteiger partial charge is 0.573 e. The Balaban J connectivity index is 1.95. The van der Waals surface area contributed by atoms with Gasteiger partial charge in [-0.1, -0.05) is 12.1 Å². The average Bonchev–Trinajstić information content (AvgIpc) is 2.61. The number of hydrogen-bond acceptors (Lipinski definition) is 4. The van der Waals surface area contributed by atoms with Crippen molar-refractivity contribution in [2.45, 2.75) is 6.36 Å². The Kier molecular flexibility index (Phi) is 6.27. The zero-order valence-corrected chi connectivity index (χ0v) is 14.5. The van der Waals surface area contributed by atoms with Crippen LogP contribution < -0.4 is 14.8 Å². The van der Waals surface area contributed by atoms with Crippen LogP contribution in [-0.4, -0.2) is 43.8 Å². The van der Waals surface area contributed by atoms with Crippen molar-refractivity contribution in [2.24, 2.45) is 0 Å². The van der Waals surface area contributed by atoms with Crippen molar-refractivity contribution in [3.8, 4) is 11.5 Å². The van der Waals surface area contributed by atoms with Crippen LogP contribution in [0.3, 0.4) is 0 Å². The van der Waals surface area contributed by atoms with Crippen molar-refractivity contribution in [1.29, 1.82) is 0 Å². The molecule has 2 amide bonds. The molecule has 0 radical (unpaired) electrons. The van der Waals surface area contributed by atoms with Crippen molar-refractivity contribution >= 4 is 17.5 Å². The van der Waals surface area contributed by atoms with Crippen molar-refractivity contribution in [3.05, 3.63) is 54.1 Å². The fourth-order valence-electron chi connectivity index (χ4n) is 2.25. The number of benzene rings is 2. The van der Waals surface area contributed by atoms with Crippen LogP contribution >= 0.6 is 0 Å². The normalized spacial score (nSPS) is 10.9. The smallest absolute Gasteiger partial charge is 0.496 e. The molecule has 0 atom stereocenters. The van der Waals surface area contributed by atoms with Crippen LogP contribution in [0.25, 0.3) is 0 Å². The summed E-state index contributed by atoms with van der Waals surface area (Å²) in [5.41, 5.74) is 0.580. The summed E-state index contributed by atoms with van der Waals surface area (Å²) in [6, 6.07) is 11.3. The van der Waals surface area contributed by atoms with Gasteiger partial charge in [0.05, 0.1) is 19.2 Å². The van der Waals surface area contributed by atoms with E-state index in [1.165, 1.54) is 31.2 Å². The molecule has 0 spiro atoms. The van der Waals surface area contributed by atoms with Crippen molar-refractivity contribution in [2.75, 3.05) is 26.0 Å². The molecule has 0 fully saturated rings. The van der Waals surface area contributed by atoms with Gasteiger partial charge in [-0.25, -0.2) is 0 Å². The lowest BCUT2D eigenvalue weighted by Gasteiger charge is -2.18. The first-order chi connectivity index (χ1) is 12.7. The molecule has 6 nitrogen and oxygen atoms in total. The first-order valence-corrected chi connectivity index (χ1v) is 7.74. The maximum absolute atomic E-state index is 12.4. The van der Waals surface area contributed by atoms with Crippen LogP contribution in [0.15, 0.2) is 48.5 Å². The number of nitrogens with one attached hydrogen (secondary N) is 1. The highest BCUT2D eigenvalue weighted by atomic mass is 19.4. The fraction of sp³-hybridized carbons (Fsp3) is 0.222. The zero-order chi connectivity index (χ0) is 20.0. The quantitative estimate of drug-likeness (QED) is 0.833. The predicted molar refractivity (Wildman–Crippen MR) is 91.7 cm³/mol. The van der Waals surface area contributed by atoms with Crippen molar-refractivity contribution in [1.82, 2.24) is 4.90 Å². The molecule has 2 aromatic rings. The third-order valence-electron chi connectivity index (χ3n) is 3.44. The number of anilines is 1. The summed E-state index contributed by atoms with van der Waals surface area (Å²) in [5, 5.41) is 2.50. The molecule has 0 heterocycles. The van der Waals surface area contributed by atoms with Crippen LogP contribution in [0.5, 0.6) is 11.5 Å². The number of halogens is 3. The second-order valence-corrected chi connectivity index (χ2v) is 5.48. The SMILES string of the molecule is COc1ccccc1C(=O)N(C)CC(=O)Nc1ccc(OC(F)(F)F)cc1. The molecule has 2 aromatic carbocycles. The summed E-state index contributed by atoms with van der Waals surface area (Å²) < 4.78 is 45.3. The van der Waals surface area contributed by atoms with Gasteiger partial charge in [-0.15, -0.1) is 13.2 Å². The maximum Gasteiger partial charge on any atom is 0.573 e. The standard InChI is InChI=1S/C18H17F3N2O4/c1-23(17(25)14-5-3-4-6-15(14)26-2)11-16(24)22-12-7-9-13(10-8-12)27-18(19,20)21/h3-10H,11H2,1-2H3,(H,22,24). The van der Waals surface area contributed by atoms with Gasteiger partial charge in [0.2, 0.25) is 5.91 Å². The molecule has 0 aliphatic carbocycles. The van der Waals surface area contributed by atoms with E-state index in [4.69, 9.17) is 4.74 Å². The monoisotopic (exact) mass is 382 g/mol. The molecular formula is C18H17F3N2O4. The Bertz CT molecular complexity index is 807. The van der Waals surface area contributed by atoms with Gasteiger partial charge in [-0.2, -0.15) is 0 Å². The molecule has 1 N–H and O–H groups in total. The van der Waals surface area contributed by atoms with Gasteiger partial charge in [-0.05, 0) is 36.4 Å². The van der Waals surface area contributed by atoms with Crippen LogP contribution in [-0.2, 0) is 4.79 Å². The van der Waals surface area contributed by atoms with Crippen LogP contribution in [0.2, 0.25) is 0 Å². The lowest BCUT2D eigenvalue weighted by molar-refractivity contribution is -0.274. The van der Waals surface area contributed by atoms with E-state index in [0.717, 1.165) is 12.1 Å². The van der Waals surface area contributed by atoms with Gasteiger partial charge in [0.15, 0.2) is 0 Å². The molecule has 0 aliphatic heterocycles. The van der Waals surface area contributed by atoms with E-state index in [1.807, 2.05) is 0 Å². The summed E-state index contributed by atoms with van der Waals surface area (Å²) >= 11 is 0. The average molecular weight is 382 g/mol. The molecule has 0 bridgehead atoms. The number of hydrogen-bond donors (Lipinski definition) is 1. The first kappa shape index (κ1) is 20.1. The molecular weight excluding hydrogens is 365 g/mol. The lowest BCUT2D eigenvalue weighted by atomic mass is 10.2. The number of methoxy groups -OCH3 is 1. The van der Waals surface area contributed by atoms with Gasteiger partial charge in [0.25, 0.3) is 5.91 Å². The summed E-state index contributed by atoms with van der Waals surface area (Å²) in [7, 11) is 2.89. The summed E-state index contributed by atoms with van der Waals surface area (Å²) in [4.78, 5) is 25.7. The summed E-state index contributed by atoms with van der Waals surface area (Å²) in [6.45, 7) is -0.252. The number of rotatable bonds is 6. The topological polar surface area (TPSA) is 67.9 Å². The summed E-state index contributed by atoms with van der Waals surface area (Å²) in [6.07, 6.45) is -4.79. The Hall–Kier alpha value is -3.23. The molecule has 27 heavy (non-hydrogen) atoms. The van der Waals surface area contributed by atoms with Gasteiger partial charge >= 0.3 is 6.36 Å². The number of amides is 2. The lowest BCUT2D eigenvalue weighted by Crippen LogP contribution is -2.35. The Morgan fingerprint density at radius 2 is 1.70 bits per heavy atom. The number of ether oxygens (including phenoxy) is 2. The molecule has 0 aromatic heterocycles. The van der Waals surface area contributed by atoms with E-state index >= 15 is 0 Å². The molecule has 144 valence electrons. The van der Waals surface area contributed by atoms with E-state index in [2.05, 4.69) is 10.1 Å². The second kappa shape index (κ2) is 8.43. The summed E-state index contributed by atoms with van der Waals surface area (Å²) in [5.74, 6) is -0.930. The van der Waals surface area contributed by atoms with Crippen LogP contribution in [0.1, 0.15) is 10.4 Å². The van der Waals surface area contributed by atoms with E-state index in [0.29, 0.717) is 11.3 Å². The number of para-hydroxylation sites is 1. The molecule has 0 aliphatic rings. The molecule has 0 saturated heterocycles. The van der Waals surface area contributed by atoms with E-state index in [9.17, 15) is 22.8 Å². The predicted octanol–water partition coefficient (Wildman–Crippen LogP) is 3.30. The van der Waals surface area contributed by atoms with Crippen LogP contribution in [0.4, 0.5) is 18.9 Å². The van der Waals surface area contributed by atoms with Gasteiger partial charge < -0.3 is 19.7 Å². The number of likely N-dealkylation sites (N-methyl/N-ethyl adjacent to an activating group) is 1. The minimum atomic E-state index is -4.79. The minimum Gasteiger partial charge on any atom is -0.496 e. The van der Waals surface area contributed by atoms with E-state index in [-0.39, 0.29) is 12.2 Å². The zero-order valence-electron chi connectivity index (χ0n) is 14.5. The Labute approximate surface area is 153 Å². The van der Waals surface area contributed by atoms with Gasteiger partial charge in [0, 0.05) is 12.7 Å². The Morgan fingerprint density at radius 1 is 1.07 bits per heavy atom. The number of alkyl halides is 3. The highest BCUT2D eigenvalue weighted by molar-refractivity contribution is 6.00. The molecule has 2 rings (SSSR count). The minimum absolute atomic E-state index is 0.252. The third-order valence-corrected chi connectivity index (χ3v) is 3.44. The second-order valence-electron chi connectivity index (χ2n) is 5.48. The van der Waals surface area contributed by atoms with Gasteiger partial charge in [0.1, 0.15) is 11.5 Å². The number of nitrogens with zero attached hydrogens (tertiary/aromatic N) is 1. The Morgan fingerprint density at radius 3 is 2.30 bits per heavy atom. The number of carbonyl (C=O) groups is 2. The van der Waals surface area contributed by atoms with Crippen LogP contribution in [0, 0.1) is 0 Å². The molecule has 0 saturated carbocycles. The van der Waals surface area contributed by atoms with E-state index in [1.54, 1.807) is 24.3 Å². The third kappa shape index (κ3) is 5.91. The first-order valence-electron chi connectivity index (χ1n) is 7.74. The molecule has 0 unspecified atom stereocenters. The van der Waals surface area contributed by atoms with Crippen molar-refractivity contribution in [3.63, 3.8) is 0 Å². The van der Waals surface area contributed by atoms with Gasteiger partial charge in [-0.3, -0.25) is 9.59 Å². The highest BCUT2D eigenvalue weighted by Crippen LogP contribution is 2.24. The van der Waals surface area contributed by atoms with E-state index < -0.39 is 23.9 Å². The maximum atomic E-state index is 12.4. The molecule has 9 heteroatoms.